The molecule has 0 aliphatic heterocycles. The highest BCUT2D eigenvalue weighted by atomic mass is 79.9. The van der Waals surface area contributed by atoms with Gasteiger partial charge in [-0.05, 0) is 51.1 Å². The fraction of sp³-hybridized carbons (Fsp3) is 0.333. The summed E-state index contributed by atoms with van der Waals surface area (Å²) in [5, 5.41) is 4.00. The number of ether oxygens (including phenoxy) is 1. The first-order valence-electron chi connectivity index (χ1n) is 9.20. The van der Waals surface area contributed by atoms with Crippen molar-refractivity contribution in [1.29, 1.82) is 0 Å². The van der Waals surface area contributed by atoms with E-state index in [2.05, 4.69) is 21.2 Å². The Morgan fingerprint density at radius 1 is 1.07 bits per heavy atom. The molecule has 1 N–H and O–H groups in total. The predicted octanol–water partition coefficient (Wildman–Crippen LogP) is 5.73. The topological polar surface area (TPSA) is 58.6 Å². The SMILES string of the molecule is CC(C)NC(=O)[C@H](C)N(Cc1c(Cl)cccc1Cl)C(=O)COc1ccc(Br)cc1Cl. The molecular weight excluding hydrogens is 515 g/mol. The second-order valence-corrected chi connectivity index (χ2v) is 9.06. The summed E-state index contributed by atoms with van der Waals surface area (Å²) in [6.07, 6.45) is 0. The van der Waals surface area contributed by atoms with Crippen molar-refractivity contribution >= 4 is 62.5 Å². The van der Waals surface area contributed by atoms with E-state index in [4.69, 9.17) is 39.5 Å². The summed E-state index contributed by atoms with van der Waals surface area (Å²) in [6, 6.07) is 9.32. The van der Waals surface area contributed by atoms with Crippen LogP contribution in [0.2, 0.25) is 15.1 Å². The van der Waals surface area contributed by atoms with E-state index < -0.39 is 11.9 Å². The van der Waals surface area contributed by atoms with Crippen LogP contribution in [0.4, 0.5) is 0 Å². The molecule has 5 nitrogen and oxygen atoms in total. The highest BCUT2D eigenvalue weighted by Crippen LogP contribution is 2.29. The van der Waals surface area contributed by atoms with Crippen molar-refractivity contribution in [3.8, 4) is 5.75 Å². The van der Waals surface area contributed by atoms with Gasteiger partial charge in [0.25, 0.3) is 5.91 Å². The zero-order chi connectivity index (χ0) is 22.4. The summed E-state index contributed by atoms with van der Waals surface area (Å²) in [7, 11) is 0. The maximum atomic E-state index is 13.0. The van der Waals surface area contributed by atoms with E-state index in [1.165, 1.54) is 4.90 Å². The van der Waals surface area contributed by atoms with Gasteiger partial charge in [-0.15, -0.1) is 0 Å². The number of carbonyl (C=O) groups is 2. The zero-order valence-corrected chi connectivity index (χ0v) is 20.6. The molecule has 162 valence electrons. The van der Waals surface area contributed by atoms with Crippen LogP contribution in [0, 0.1) is 0 Å². The van der Waals surface area contributed by atoms with Gasteiger partial charge in [0.1, 0.15) is 11.8 Å². The molecule has 2 aromatic rings. The molecule has 0 bridgehead atoms. The molecule has 0 radical (unpaired) electrons. The summed E-state index contributed by atoms with van der Waals surface area (Å²) < 4.78 is 6.39. The van der Waals surface area contributed by atoms with Crippen LogP contribution in [0.5, 0.6) is 5.75 Å². The molecule has 0 aliphatic rings. The van der Waals surface area contributed by atoms with E-state index in [1.807, 2.05) is 13.8 Å². The molecule has 2 aromatic carbocycles. The summed E-state index contributed by atoms with van der Waals surface area (Å²) in [4.78, 5) is 27.0. The van der Waals surface area contributed by atoms with Crippen molar-refractivity contribution in [3.63, 3.8) is 0 Å². The van der Waals surface area contributed by atoms with E-state index in [0.717, 1.165) is 4.47 Å². The first-order chi connectivity index (χ1) is 14.1. The maximum absolute atomic E-state index is 13.0. The molecule has 0 aromatic heterocycles. The van der Waals surface area contributed by atoms with Crippen LogP contribution in [0.1, 0.15) is 26.3 Å². The van der Waals surface area contributed by atoms with Gasteiger partial charge in [-0.2, -0.15) is 0 Å². The Morgan fingerprint density at radius 3 is 2.27 bits per heavy atom. The van der Waals surface area contributed by atoms with Crippen LogP contribution in [-0.4, -0.2) is 35.4 Å². The Labute approximate surface area is 199 Å². The number of amides is 2. The summed E-state index contributed by atoms with van der Waals surface area (Å²) in [5.74, 6) is -0.331. The number of nitrogens with one attached hydrogen (secondary N) is 1. The van der Waals surface area contributed by atoms with Crippen LogP contribution in [0.3, 0.4) is 0 Å². The lowest BCUT2D eigenvalue weighted by molar-refractivity contribution is -0.142. The van der Waals surface area contributed by atoms with Crippen LogP contribution in [0.25, 0.3) is 0 Å². The quantitative estimate of drug-likeness (QED) is 0.469. The number of halogens is 4. The normalized spacial score (nSPS) is 11.9. The predicted molar refractivity (Wildman–Crippen MR) is 124 cm³/mol. The van der Waals surface area contributed by atoms with Gasteiger partial charge in [0.2, 0.25) is 5.91 Å². The molecular formula is C21H22BrCl3N2O3. The Morgan fingerprint density at radius 2 is 1.70 bits per heavy atom. The van der Waals surface area contributed by atoms with E-state index in [-0.39, 0.29) is 25.1 Å². The maximum Gasteiger partial charge on any atom is 0.261 e. The third-order valence-electron chi connectivity index (χ3n) is 4.23. The van der Waals surface area contributed by atoms with Crippen molar-refractivity contribution in [2.24, 2.45) is 0 Å². The molecule has 0 aliphatic carbocycles. The Hall–Kier alpha value is -1.47. The van der Waals surface area contributed by atoms with Crippen LogP contribution >= 0.6 is 50.7 Å². The van der Waals surface area contributed by atoms with Gasteiger partial charge >= 0.3 is 0 Å². The zero-order valence-electron chi connectivity index (χ0n) is 16.7. The molecule has 0 fully saturated rings. The Kier molecular flexibility index (Phi) is 9.29. The van der Waals surface area contributed by atoms with Gasteiger partial charge < -0.3 is 15.0 Å². The van der Waals surface area contributed by atoms with Crippen LogP contribution < -0.4 is 10.1 Å². The first kappa shape index (κ1) is 24.8. The molecule has 0 heterocycles. The van der Waals surface area contributed by atoms with Gasteiger partial charge in [0.05, 0.1) is 5.02 Å². The monoisotopic (exact) mass is 534 g/mol. The van der Waals surface area contributed by atoms with Crippen molar-refractivity contribution in [1.82, 2.24) is 10.2 Å². The number of rotatable bonds is 8. The number of hydrogen-bond donors (Lipinski definition) is 1. The number of benzene rings is 2. The van der Waals surface area contributed by atoms with E-state index in [1.54, 1.807) is 43.3 Å². The first-order valence-corrected chi connectivity index (χ1v) is 11.1. The minimum Gasteiger partial charge on any atom is -0.482 e. The molecule has 2 rings (SSSR count). The van der Waals surface area contributed by atoms with Crippen molar-refractivity contribution in [2.45, 2.75) is 39.4 Å². The summed E-state index contributed by atoms with van der Waals surface area (Å²) in [5.41, 5.74) is 0.556. The van der Waals surface area contributed by atoms with Crippen molar-refractivity contribution in [3.05, 3.63) is 61.5 Å². The molecule has 0 saturated heterocycles. The van der Waals surface area contributed by atoms with E-state index in [0.29, 0.717) is 26.4 Å². The average molecular weight is 537 g/mol. The minimum atomic E-state index is -0.767. The summed E-state index contributed by atoms with van der Waals surface area (Å²) in [6.45, 7) is 5.10. The number of nitrogens with zero attached hydrogens (tertiary/aromatic N) is 1. The largest absolute Gasteiger partial charge is 0.482 e. The molecule has 9 heteroatoms. The molecule has 1 atom stereocenters. The molecule has 2 amide bonds. The van der Waals surface area contributed by atoms with E-state index >= 15 is 0 Å². The Balaban J connectivity index is 2.24. The third kappa shape index (κ3) is 6.77. The highest BCUT2D eigenvalue weighted by Gasteiger charge is 2.28. The molecule has 30 heavy (non-hydrogen) atoms. The highest BCUT2D eigenvalue weighted by molar-refractivity contribution is 9.10. The lowest BCUT2D eigenvalue weighted by Crippen LogP contribution is -2.50. The molecule has 0 saturated carbocycles. The Bertz CT molecular complexity index is 904. The summed E-state index contributed by atoms with van der Waals surface area (Å²) >= 11 is 22.0. The second kappa shape index (κ2) is 11.2. The lowest BCUT2D eigenvalue weighted by Gasteiger charge is -2.30. The van der Waals surface area contributed by atoms with Gasteiger partial charge in [-0.25, -0.2) is 0 Å². The third-order valence-corrected chi connectivity index (χ3v) is 5.73. The van der Waals surface area contributed by atoms with Crippen LogP contribution in [0.15, 0.2) is 40.9 Å². The lowest BCUT2D eigenvalue weighted by atomic mass is 10.1. The van der Waals surface area contributed by atoms with Gasteiger partial charge in [0.15, 0.2) is 6.61 Å². The standard InChI is InChI=1S/C21H22BrCl3N2O3/c1-12(2)26-21(29)13(3)27(10-15-16(23)5-4-6-17(15)24)20(28)11-30-19-8-7-14(22)9-18(19)25/h4-9,12-13H,10-11H2,1-3H3,(H,26,29)/t13-/m0/s1. The fourth-order valence-electron chi connectivity index (χ4n) is 2.66. The van der Waals surface area contributed by atoms with Crippen molar-refractivity contribution < 1.29 is 14.3 Å². The number of carbonyl (C=O) groups excluding carboxylic acids is 2. The number of hydrogen-bond acceptors (Lipinski definition) is 3. The smallest absolute Gasteiger partial charge is 0.261 e. The average Bonchev–Trinajstić information content (AvgIpc) is 2.66. The molecule has 0 spiro atoms. The van der Waals surface area contributed by atoms with E-state index in [9.17, 15) is 9.59 Å². The fourth-order valence-corrected chi connectivity index (χ4v) is 3.90. The van der Waals surface area contributed by atoms with Crippen molar-refractivity contribution in [2.75, 3.05) is 6.61 Å². The van der Waals surface area contributed by atoms with Gasteiger partial charge in [-0.1, -0.05) is 56.8 Å². The van der Waals surface area contributed by atoms with Crippen LogP contribution in [-0.2, 0) is 16.1 Å². The van der Waals surface area contributed by atoms with Gasteiger partial charge in [0, 0.05) is 32.7 Å². The minimum absolute atomic E-state index is 0.0570. The van der Waals surface area contributed by atoms with Gasteiger partial charge in [-0.3, -0.25) is 9.59 Å². The second-order valence-electron chi connectivity index (χ2n) is 6.92. The molecule has 0 unspecified atom stereocenters.